The average molecular weight is 210 g/mol. The minimum absolute atomic E-state index is 0.326. The van der Waals surface area contributed by atoms with Crippen molar-refractivity contribution in [3.8, 4) is 0 Å². The molecule has 80 valence electrons. The molecule has 6 heteroatoms. The summed E-state index contributed by atoms with van der Waals surface area (Å²) < 4.78 is 10.9. The van der Waals surface area contributed by atoms with Crippen LogP contribution in [0.3, 0.4) is 0 Å². The Morgan fingerprint density at radius 3 is 2.93 bits per heavy atom. The van der Waals surface area contributed by atoms with Gasteiger partial charge in [0.15, 0.2) is 0 Å². The molecule has 1 N–H and O–H groups in total. The summed E-state index contributed by atoms with van der Waals surface area (Å²) in [5.74, 6) is -0.952. The molecule has 0 aromatic heterocycles. The van der Waals surface area contributed by atoms with Crippen LogP contribution in [0.2, 0.25) is 0 Å². The summed E-state index contributed by atoms with van der Waals surface area (Å²) in [6.07, 6.45) is 1.61. The average Bonchev–Trinajstić information content (AvgIpc) is 2.46. The Morgan fingerprint density at radius 2 is 2.27 bits per heavy atom. The Balaban J connectivity index is 2.20. The van der Waals surface area contributed by atoms with Gasteiger partial charge in [0.1, 0.15) is 19.1 Å². The van der Waals surface area contributed by atoms with E-state index in [1.165, 1.54) is 0 Å². The van der Waals surface area contributed by atoms with Crippen LogP contribution in [0.25, 0.3) is 10.4 Å². The van der Waals surface area contributed by atoms with Crippen molar-refractivity contribution in [1.29, 1.82) is 0 Å². The summed E-state index contributed by atoms with van der Waals surface area (Å²) in [5, 5.41) is 13.3. The third-order valence-electron chi connectivity index (χ3n) is 2.46. The Bertz CT molecular complexity index is 335. The van der Waals surface area contributed by atoms with Crippen molar-refractivity contribution in [3.05, 3.63) is 29.5 Å². The van der Waals surface area contributed by atoms with Gasteiger partial charge in [0.2, 0.25) is 0 Å². The number of rotatable bonds is 1. The van der Waals surface area contributed by atoms with Crippen LogP contribution in [-0.4, -0.2) is 35.2 Å². The summed E-state index contributed by atoms with van der Waals surface area (Å²) >= 11 is 0. The Morgan fingerprint density at radius 1 is 1.53 bits per heavy atom. The number of ether oxygens (including phenoxy) is 2. The summed E-state index contributed by atoms with van der Waals surface area (Å²) in [5.41, 5.74) is 8.31. The first-order valence-electron chi connectivity index (χ1n) is 4.65. The van der Waals surface area contributed by atoms with Crippen molar-refractivity contribution < 1.29 is 14.6 Å². The fourth-order valence-corrected chi connectivity index (χ4v) is 1.85. The summed E-state index contributed by atoms with van der Waals surface area (Å²) in [4.78, 5) is 2.66. The number of nitrogens with zero attached hydrogens (tertiary/aromatic N) is 3. The van der Waals surface area contributed by atoms with E-state index in [1.54, 1.807) is 19.1 Å². The van der Waals surface area contributed by atoms with E-state index in [1.807, 2.05) is 0 Å². The molecule has 5 atom stereocenters. The van der Waals surface area contributed by atoms with Crippen LogP contribution in [0.4, 0.5) is 0 Å². The highest BCUT2D eigenvalue weighted by molar-refractivity contribution is 5.14. The van der Waals surface area contributed by atoms with Crippen LogP contribution in [0.5, 0.6) is 0 Å². The molecular weight excluding hydrogens is 198 g/mol. The van der Waals surface area contributed by atoms with Crippen LogP contribution in [-0.2, 0) is 9.47 Å². The van der Waals surface area contributed by atoms with Gasteiger partial charge in [-0.2, -0.15) is 0 Å². The van der Waals surface area contributed by atoms with Crippen molar-refractivity contribution in [3.63, 3.8) is 0 Å². The van der Waals surface area contributed by atoms with Crippen molar-refractivity contribution in [2.24, 2.45) is 5.11 Å². The molecule has 0 bridgehead atoms. The van der Waals surface area contributed by atoms with Gasteiger partial charge in [0.05, 0.1) is 12.1 Å². The molecule has 1 fully saturated rings. The highest BCUT2D eigenvalue weighted by Gasteiger charge is 2.51. The van der Waals surface area contributed by atoms with E-state index in [0.29, 0.717) is 0 Å². The molecule has 6 nitrogen and oxygen atoms in total. The Kier molecular flexibility index (Phi) is 2.36. The van der Waals surface area contributed by atoms with Crippen LogP contribution in [0, 0.1) is 6.92 Å². The highest BCUT2D eigenvalue weighted by Crippen LogP contribution is 2.34. The van der Waals surface area contributed by atoms with E-state index >= 15 is 0 Å². The van der Waals surface area contributed by atoms with Crippen molar-refractivity contribution in [2.45, 2.75) is 37.1 Å². The molecule has 1 unspecified atom stereocenters. The van der Waals surface area contributed by atoms with Crippen molar-refractivity contribution >= 4 is 0 Å². The molecule has 0 radical (unpaired) electrons. The molecule has 2 aliphatic rings. The minimum Gasteiger partial charge on any atom is -0.390 e. The first-order valence-corrected chi connectivity index (χ1v) is 4.65. The maximum absolute atomic E-state index is 9.85. The van der Waals surface area contributed by atoms with Crippen molar-refractivity contribution in [1.82, 2.24) is 0 Å². The SMILES string of the molecule is [CH2+]C1(C)O[C@@H]2[C@@H](O)[C@@H](N=[N+]=[N-])C=C[C@@H]2O1. The predicted molar refractivity (Wildman–Crippen MR) is 51.6 cm³/mol. The fraction of sp³-hybridized carbons (Fsp3) is 0.667. The molecule has 2 rings (SSSR count). The smallest absolute Gasteiger partial charge is 0.313 e. The number of azide groups is 1. The molecule has 1 saturated heterocycles. The second-order valence-corrected chi connectivity index (χ2v) is 3.87. The van der Waals surface area contributed by atoms with Gasteiger partial charge in [-0.15, -0.1) is 0 Å². The Labute approximate surface area is 87.1 Å². The van der Waals surface area contributed by atoms with Crippen LogP contribution < -0.4 is 0 Å². The van der Waals surface area contributed by atoms with Gasteiger partial charge in [-0.1, -0.05) is 17.3 Å². The van der Waals surface area contributed by atoms with E-state index in [2.05, 4.69) is 16.9 Å². The van der Waals surface area contributed by atoms with Gasteiger partial charge in [-0.3, -0.25) is 0 Å². The van der Waals surface area contributed by atoms with Gasteiger partial charge in [0.25, 0.3) is 0 Å². The second kappa shape index (κ2) is 3.43. The maximum Gasteiger partial charge on any atom is 0.313 e. The normalized spacial score (nSPS) is 48.4. The zero-order chi connectivity index (χ0) is 11.1. The quantitative estimate of drug-likeness (QED) is 0.229. The maximum atomic E-state index is 9.85. The zero-order valence-electron chi connectivity index (χ0n) is 8.28. The van der Waals surface area contributed by atoms with Gasteiger partial charge < -0.3 is 14.6 Å². The van der Waals surface area contributed by atoms with Crippen molar-refractivity contribution in [2.75, 3.05) is 0 Å². The van der Waals surface area contributed by atoms with Crippen LogP contribution >= 0.6 is 0 Å². The van der Waals surface area contributed by atoms with E-state index in [4.69, 9.17) is 15.0 Å². The van der Waals surface area contributed by atoms with Gasteiger partial charge in [0, 0.05) is 11.8 Å². The van der Waals surface area contributed by atoms with E-state index in [-0.39, 0.29) is 6.10 Å². The summed E-state index contributed by atoms with van der Waals surface area (Å²) in [6, 6.07) is -0.603. The summed E-state index contributed by atoms with van der Waals surface area (Å²) in [6.45, 7) is 5.38. The molecule has 0 aromatic carbocycles. The second-order valence-electron chi connectivity index (χ2n) is 3.87. The number of fused-ring (bicyclic) bond motifs is 1. The first-order chi connectivity index (χ1) is 7.03. The topological polar surface area (TPSA) is 87.5 Å². The van der Waals surface area contributed by atoms with E-state index < -0.39 is 24.0 Å². The molecule has 0 saturated carbocycles. The molecule has 0 spiro atoms. The number of aliphatic hydroxyl groups excluding tert-OH is 1. The highest BCUT2D eigenvalue weighted by atomic mass is 16.8. The van der Waals surface area contributed by atoms with Gasteiger partial charge in [-0.05, 0) is 5.53 Å². The standard InChI is InChI=1S/C9H12N3O3/c1-9(2)14-6-4-3-5(11-12-10)7(13)8(6)15-9/h3-8,13H,1H2,2H3/q+1/t5-,6-,7-,8-,9?/m0/s1. The molecule has 1 aliphatic carbocycles. The minimum atomic E-state index is -0.952. The number of aliphatic hydroxyl groups is 1. The van der Waals surface area contributed by atoms with Gasteiger partial charge >= 0.3 is 5.79 Å². The number of hydrogen-bond donors (Lipinski definition) is 1. The molecule has 1 aliphatic heterocycles. The molecule has 15 heavy (non-hydrogen) atoms. The van der Waals surface area contributed by atoms with Crippen LogP contribution in [0.1, 0.15) is 6.92 Å². The largest absolute Gasteiger partial charge is 0.390 e. The molecule has 1 heterocycles. The van der Waals surface area contributed by atoms with Crippen LogP contribution in [0.15, 0.2) is 17.3 Å². The monoisotopic (exact) mass is 210 g/mol. The molecular formula is C9H12N3O3+. The van der Waals surface area contributed by atoms with E-state index in [9.17, 15) is 5.11 Å². The Hall–Kier alpha value is -1.20. The lowest BCUT2D eigenvalue weighted by Gasteiger charge is -2.26. The lowest BCUT2D eigenvalue weighted by atomic mass is 9.95. The predicted octanol–water partition coefficient (Wildman–Crippen LogP) is 0.930. The molecule has 0 amide bonds. The lowest BCUT2D eigenvalue weighted by Crippen LogP contribution is -2.44. The lowest BCUT2D eigenvalue weighted by molar-refractivity contribution is -0.133. The van der Waals surface area contributed by atoms with Gasteiger partial charge in [-0.25, -0.2) is 0 Å². The fourth-order valence-electron chi connectivity index (χ4n) is 1.85. The summed E-state index contributed by atoms with van der Waals surface area (Å²) in [7, 11) is 0. The third-order valence-corrected chi connectivity index (χ3v) is 2.46. The van der Waals surface area contributed by atoms with E-state index in [0.717, 1.165) is 0 Å². The first kappa shape index (κ1) is 10.3. The number of hydrogen-bond acceptors (Lipinski definition) is 4. The third kappa shape index (κ3) is 1.80. The zero-order valence-corrected chi connectivity index (χ0v) is 8.28. The molecule has 0 aromatic rings.